The highest BCUT2D eigenvalue weighted by Gasteiger charge is 1.96. The van der Waals surface area contributed by atoms with Crippen LogP contribution in [0.2, 0.25) is 0 Å². The topological polar surface area (TPSA) is 18.5 Å². The van der Waals surface area contributed by atoms with E-state index in [9.17, 15) is 0 Å². The van der Waals surface area contributed by atoms with Crippen LogP contribution in [0.1, 0.15) is 6.92 Å². The lowest BCUT2D eigenvalue weighted by Gasteiger charge is -2.08. The van der Waals surface area contributed by atoms with Crippen molar-refractivity contribution in [2.45, 2.75) is 13.0 Å². The Balaban J connectivity index is 2.95. The fourth-order valence-electron chi connectivity index (χ4n) is 0.425. The normalized spacial score (nSPS) is 12.6. The standard InChI is InChI=1S/C7H13BrO2/c1-3-9-4-5-10-7(2)6-8/h3,7H,1,4-6H2,2H3. The van der Waals surface area contributed by atoms with Crippen molar-refractivity contribution in [3.8, 4) is 0 Å². The quantitative estimate of drug-likeness (QED) is 0.378. The molecule has 0 N–H and O–H groups in total. The molecule has 0 saturated carbocycles. The Labute approximate surface area is 70.3 Å². The van der Waals surface area contributed by atoms with Crippen molar-refractivity contribution >= 4 is 15.9 Å². The SMILES string of the molecule is C=COCCOC(C)CBr. The van der Waals surface area contributed by atoms with Crippen molar-refractivity contribution < 1.29 is 9.47 Å². The minimum absolute atomic E-state index is 0.258. The molecule has 0 fully saturated rings. The zero-order valence-corrected chi connectivity index (χ0v) is 7.76. The Hall–Kier alpha value is -0.0200. The molecule has 0 amide bonds. The zero-order chi connectivity index (χ0) is 7.82. The van der Waals surface area contributed by atoms with Crippen LogP contribution >= 0.6 is 15.9 Å². The van der Waals surface area contributed by atoms with Crippen molar-refractivity contribution in [2.75, 3.05) is 18.5 Å². The lowest BCUT2D eigenvalue weighted by molar-refractivity contribution is 0.0479. The van der Waals surface area contributed by atoms with Crippen LogP contribution in [0, 0.1) is 0 Å². The summed E-state index contributed by atoms with van der Waals surface area (Å²) in [4.78, 5) is 0. The van der Waals surface area contributed by atoms with Gasteiger partial charge in [-0.25, -0.2) is 0 Å². The lowest BCUT2D eigenvalue weighted by Crippen LogP contribution is -2.12. The summed E-state index contributed by atoms with van der Waals surface area (Å²) in [6.45, 7) is 6.62. The number of hydrogen-bond donors (Lipinski definition) is 0. The molecule has 2 nitrogen and oxygen atoms in total. The molecule has 0 aromatic heterocycles. The van der Waals surface area contributed by atoms with Gasteiger partial charge in [-0.2, -0.15) is 0 Å². The molecule has 10 heavy (non-hydrogen) atoms. The van der Waals surface area contributed by atoms with Crippen LogP contribution in [0.5, 0.6) is 0 Å². The Morgan fingerprint density at radius 1 is 1.60 bits per heavy atom. The molecule has 0 aliphatic rings. The van der Waals surface area contributed by atoms with Crippen LogP contribution in [0.4, 0.5) is 0 Å². The maximum absolute atomic E-state index is 5.27. The van der Waals surface area contributed by atoms with Gasteiger partial charge in [-0.1, -0.05) is 22.5 Å². The van der Waals surface area contributed by atoms with E-state index < -0.39 is 0 Å². The number of ether oxygens (including phenoxy) is 2. The summed E-state index contributed by atoms with van der Waals surface area (Å²) in [7, 11) is 0. The third-order valence-corrected chi connectivity index (χ3v) is 1.85. The predicted molar refractivity (Wildman–Crippen MR) is 45.4 cm³/mol. The molecular formula is C7H13BrO2. The smallest absolute Gasteiger partial charge is 0.111 e. The summed E-state index contributed by atoms with van der Waals surface area (Å²) in [5, 5.41) is 0.862. The van der Waals surface area contributed by atoms with E-state index in [1.807, 2.05) is 6.92 Å². The van der Waals surface area contributed by atoms with E-state index in [1.54, 1.807) is 0 Å². The average molecular weight is 209 g/mol. The first-order valence-electron chi connectivity index (χ1n) is 3.21. The summed E-state index contributed by atoms with van der Waals surface area (Å²) in [6.07, 6.45) is 1.68. The Bertz CT molecular complexity index is 85.7. The van der Waals surface area contributed by atoms with E-state index in [2.05, 4.69) is 22.5 Å². The fraction of sp³-hybridized carbons (Fsp3) is 0.714. The maximum atomic E-state index is 5.27. The Morgan fingerprint density at radius 3 is 2.80 bits per heavy atom. The molecule has 0 aromatic carbocycles. The molecule has 60 valence electrons. The zero-order valence-electron chi connectivity index (χ0n) is 6.18. The van der Waals surface area contributed by atoms with Gasteiger partial charge in [-0.15, -0.1) is 0 Å². The second-order valence-corrected chi connectivity index (χ2v) is 2.52. The second-order valence-electron chi connectivity index (χ2n) is 1.87. The summed E-state index contributed by atoms with van der Waals surface area (Å²) in [5.74, 6) is 0. The molecule has 0 heterocycles. The van der Waals surface area contributed by atoms with Crippen LogP contribution in [-0.2, 0) is 9.47 Å². The van der Waals surface area contributed by atoms with Gasteiger partial charge in [0.2, 0.25) is 0 Å². The van der Waals surface area contributed by atoms with Crippen LogP contribution in [-0.4, -0.2) is 24.6 Å². The predicted octanol–water partition coefficient (Wildman–Crippen LogP) is 1.95. The molecule has 0 aliphatic heterocycles. The van der Waals surface area contributed by atoms with E-state index in [4.69, 9.17) is 9.47 Å². The van der Waals surface area contributed by atoms with Crippen LogP contribution in [0.25, 0.3) is 0 Å². The van der Waals surface area contributed by atoms with Gasteiger partial charge in [0.15, 0.2) is 0 Å². The molecule has 1 unspecified atom stereocenters. The van der Waals surface area contributed by atoms with Gasteiger partial charge < -0.3 is 9.47 Å². The largest absolute Gasteiger partial charge is 0.499 e. The first-order valence-corrected chi connectivity index (χ1v) is 4.33. The average Bonchev–Trinajstić information content (AvgIpc) is 1.98. The molecule has 0 bridgehead atoms. The van der Waals surface area contributed by atoms with Crippen molar-refractivity contribution in [1.29, 1.82) is 0 Å². The highest BCUT2D eigenvalue weighted by atomic mass is 79.9. The summed E-state index contributed by atoms with van der Waals surface area (Å²) < 4.78 is 10.1. The number of rotatable bonds is 6. The van der Waals surface area contributed by atoms with Crippen LogP contribution in [0.3, 0.4) is 0 Å². The van der Waals surface area contributed by atoms with Gasteiger partial charge in [0.1, 0.15) is 6.61 Å². The second kappa shape index (κ2) is 7.09. The molecule has 0 spiro atoms. The van der Waals surface area contributed by atoms with E-state index in [1.165, 1.54) is 6.26 Å². The highest BCUT2D eigenvalue weighted by Crippen LogP contribution is 1.94. The molecule has 0 radical (unpaired) electrons. The lowest BCUT2D eigenvalue weighted by atomic mass is 10.5. The van der Waals surface area contributed by atoms with E-state index in [0.717, 1.165) is 5.33 Å². The molecular weight excluding hydrogens is 196 g/mol. The van der Waals surface area contributed by atoms with E-state index in [0.29, 0.717) is 13.2 Å². The van der Waals surface area contributed by atoms with Crippen molar-refractivity contribution in [3.63, 3.8) is 0 Å². The number of hydrogen-bond acceptors (Lipinski definition) is 2. The Kier molecular flexibility index (Phi) is 7.08. The maximum Gasteiger partial charge on any atom is 0.111 e. The summed E-state index contributed by atoms with van der Waals surface area (Å²) in [5.41, 5.74) is 0. The van der Waals surface area contributed by atoms with Crippen molar-refractivity contribution in [1.82, 2.24) is 0 Å². The van der Waals surface area contributed by atoms with Gasteiger partial charge >= 0.3 is 0 Å². The van der Waals surface area contributed by atoms with Crippen LogP contribution in [0.15, 0.2) is 12.8 Å². The minimum atomic E-state index is 0.258. The number of alkyl halides is 1. The third kappa shape index (κ3) is 6.11. The Morgan fingerprint density at radius 2 is 2.30 bits per heavy atom. The molecule has 0 aliphatic carbocycles. The highest BCUT2D eigenvalue weighted by molar-refractivity contribution is 9.09. The summed E-state index contributed by atoms with van der Waals surface area (Å²) >= 11 is 3.30. The molecule has 0 aromatic rings. The third-order valence-electron chi connectivity index (χ3n) is 0.939. The monoisotopic (exact) mass is 208 g/mol. The fourth-order valence-corrected chi connectivity index (χ4v) is 0.612. The van der Waals surface area contributed by atoms with E-state index >= 15 is 0 Å². The van der Waals surface area contributed by atoms with Gasteiger partial charge in [-0.05, 0) is 6.92 Å². The molecule has 3 heteroatoms. The molecule has 0 saturated heterocycles. The minimum Gasteiger partial charge on any atom is -0.499 e. The van der Waals surface area contributed by atoms with Gasteiger partial charge in [0.25, 0.3) is 0 Å². The number of halogens is 1. The first-order chi connectivity index (χ1) is 4.81. The van der Waals surface area contributed by atoms with Gasteiger partial charge in [0.05, 0.1) is 19.0 Å². The summed E-state index contributed by atoms with van der Waals surface area (Å²) in [6, 6.07) is 0. The van der Waals surface area contributed by atoms with E-state index in [-0.39, 0.29) is 6.10 Å². The van der Waals surface area contributed by atoms with Crippen molar-refractivity contribution in [3.05, 3.63) is 12.8 Å². The molecule has 0 rings (SSSR count). The van der Waals surface area contributed by atoms with Gasteiger partial charge in [-0.3, -0.25) is 0 Å². The molecule has 1 atom stereocenters. The van der Waals surface area contributed by atoms with Gasteiger partial charge in [0, 0.05) is 5.33 Å². The van der Waals surface area contributed by atoms with Crippen molar-refractivity contribution in [2.24, 2.45) is 0 Å². The van der Waals surface area contributed by atoms with Crippen LogP contribution < -0.4 is 0 Å². The first kappa shape index (κ1) is 9.98.